The number of carbonyl (C=O) groups excluding carboxylic acids is 2. The van der Waals surface area contributed by atoms with Crippen LogP contribution in [0, 0.1) is 5.82 Å². The van der Waals surface area contributed by atoms with Gasteiger partial charge in [-0.25, -0.2) is 24.2 Å². The predicted molar refractivity (Wildman–Crippen MR) is 139 cm³/mol. The monoisotopic (exact) mass is 568 g/mol. The van der Waals surface area contributed by atoms with Crippen LogP contribution in [0.25, 0.3) is 10.8 Å². The molecule has 2 aromatic carbocycles. The lowest BCUT2D eigenvalue weighted by molar-refractivity contribution is -0.136. The van der Waals surface area contributed by atoms with Crippen LogP contribution in [-0.2, 0) is 25.2 Å². The number of hydrazine groups is 1. The zero-order valence-corrected chi connectivity index (χ0v) is 22.0. The van der Waals surface area contributed by atoms with E-state index in [-0.39, 0.29) is 43.4 Å². The molecular weight excluding hydrogens is 542 g/mol. The van der Waals surface area contributed by atoms with Crippen LogP contribution in [-0.4, -0.2) is 51.0 Å². The van der Waals surface area contributed by atoms with Gasteiger partial charge in [0.05, 0.1) is 17.7 Å². The summed E-state index contributed by atoms with van der Waals surface area (Å²) in [6.07, 6.45) is 1.05. The summed E-state index contributed by atoms with van der Waals surface area (Å²) >= 11 is 6.00. The van der Waals surface area contributed by atoms with Crippen LogP contribution in [0.4, 0.5) is 15.0 Å². The Balaban J connectivity index is 1.67. The maximum Gasteiger partial charge on any atom is 0.469 e. The number of hydrogen-bond acceptors (Lipinski definition) is 7. The molecule has 0 spiro atoms. The second-order valence-electron chi connectivity index (χ2n) is 8.20. The van der Waals surface area contributed by atoms with Crippen molar-refractivity contribution in [3.63, 3.8) is 0 Å². The van der Waals surface area contributed by atoms with Crippen LogP contribution in [0.15, 0.2) is 54.7 Å². The average Bonchev–Trinajstić information content (AvgIpc) is 2.86. The van der Waals surface area contributed by atoms with Crippen molar-refractivity contribution in [1.29, 1.82) is 0 Å². The van der Waals surface area contributed by atoms with E-state index in [0.717, 1.165) is 10.8 Å². The fourth-order valence-corrected chi connectivity index (χ4v) is 4.17. The molecule has 0 radical (unpaired) electrons. The maximum atomic E-state index is 13.8. The fourth-order valence-electron chi connectivity index (χ4n) is 3.61. The number of halogens is 2. The Kier molecular flexibility index (Phi) is 10.5. The Hall–Kier alpha value is -3.12. The quantitative estimate of drug-likeness (QED) is 0.142. The van der Waals surface area contributed by atoms with E-state index in [9.17, 15) is 18.5 Å². The molecule has 204 valence electrons. The Bertz CT molecular complexity index is 1330. The van der Waals surface area contributed by atoms with E-state index < -0.39 is 31.7 Å². The third-order valence-corrected chi connectivity index (χ3v) is 6.33. The van der Waals surface area contributed by atoms with E-state index >= 15 is 0 Å². The summed E-state index contributed by atoms with van der Waals surface area (Å²) in [5, 5.41) is 5.38. The lowest BCUT2D eigenvalue weighted by Crippen LogP contribution is -2.50. The summed E-state index contributed by atoms with van der Waals surface area (Å²) in [7, 11) is -4.67. The number of hydrogen-bond donors (Lipinski definition) is 4. The Morgan fingerprint density at radius 3 is 2.63 bits per heavy atom. The van der Waals surface area contributed by atoms with E-state index in [1.807, 2.05) is 24.3 Å². The second-order valence-corrected chi connectivity index (χ2v) is 9.81. The van der Waals surface area contributed by atoms with Gasteiger partial charge in [0.25, 0.3) is 0 Å². The molecule has 0 aliphatic rings. The molecule has 1 heterocycles. The first-order chi connectivity index (χ1) is 18.0. The molecule has 14 heteroatoms. The normalized spacial score (nSPS) is 12.2. The number of aromatic nitrogens is 1. The van der Waals surface area contributed by atoms with Crippen molar-refractivity contribution in [2.24, 2.45) is 0 Å². The molecule has 3 rings (SSSR count). The number of ether oxygens (including phenoxy) is 1. The minimum absolute atomic E-state index is 0.0150. The van der Waals surface area contributed by atoms with Crippen LogP contribution in [0.2, 0.25) is 5.02 Å². The SMILES string of the molecule is CC(=O)N(NCc1cccc(F)c1Cl)[C@@H](CCCOP(=O)(O)O)COC(=O)Nc1cc2ccccc2cn1. The molecule has 1 aromatic heterocycles. The van der Waals surface area contributed by atoms with Crippen LogP contribution >= 0.6 is 19.4 Å². The van der Waals surface area contributed by atoms with Gasteiger partial charge in [-0.2, -0.15) is 0 Å². The highest BCUT2D eigenvalue weighted by Crippen LogP contribution is 2.35. The van der Waals surface area contributed by atoms with E-state index in [4.69, 9.17) is 26.1 Å². The number of nitrogens with one attached hydrogen (secondary N) is 2. The van der Waals surface area contributed by atoms with Crippen molar-refractivity contribution in [3.05, 3.63) is 71.1 Å². The lowest BCUT2D eigenvalue weighted by Gasteiger charge is -2.31. The van der Waals surface area contributed by atoms with Gasteiger partial charge in [0, 0.05) is 25.1 Å². The van der Waals surface area contributed by atoms with Crippen molar-refractivity contribution in [2.45, 2.75) is 32.4 Å². The number of phosphoric acid groups is 1. The molecule has 11 nitrogen and oxygen atoms in total. The van der Waals surface area contributed by atoms with Gasteiger partial charge in [-0.1, -0.05) is 48.0 Å². The first-order valence-corrected chi connectivity index (χ1v) is 13.4. The van der Waals surface area contributed by atoms with E-state index in [1.54, 1.807) is 18.3 Å². The van der Waals surface area contributed by atoms with Gasteiger partial charge in [-0.05, 0) is 35.9 Å². The van der Waals surface area contributed by atoms with Crippen LogP contribution in [0.5, 0.6) is 0 Å². The van der Waals surface area contributed by atoms with Crippen molar-refractivity contribution in [3.8, 4) is 0 Å². The van der Waals surface area contributed by atoms with Crippen LogP contribution < -0.4 is 10.7 Å². The van der Waals surface area contributed by atoms with Crippen LogP contribution in [0.1, 0.15) is 25.3 Å². The minimum Gasteiger partial charge on any atom is -0.447 e. The molecule has 3 aromatic rings. The number of phosphoric ester groups is 1. The fraction of sp³-hybridized carbons (Fsp3) is 0.292. The van der Waals surface area contributed by atoms with Gasteiger partial charge in [0.1, 0.15) is 18.2 Å². The summed E-state index contributed by atoms with van der Waals surface area (Å²) in [6, 6.07) is 12.6. The van der Waals surface area contributed by atoms with Gasteiger partial charge in [0.2, 0.25) is 5.91 Å². The average molecular weight is 569 g/mol. The number of amides is 2. The standard InChI is InChI=1S/C24H27ClFN4O7P/c1-16(31)30(28-14-19-8-4-10-21(26)23(19)25)20(9-5-11-37-38(33,34)35)15-36-24(32)29-22-12-17-6-2-3-7-18(17)13-27-22/h2-4,6-8,10,12-13,20,28H,5,9,11,14-15H2,1H3,(H,27,29,32)(H2,33,34,35)/t20-/m0/s1. The molecule has 0 fully saturated rings. The topological polar surface area (TPSA) is 150 Å². The van der Waals surface area contributed by atoms with Gasteiger partial charge < -0.3 is 14.5 Å². The zero-order chi connectivity index (χ0) is 27.7. The van der Waals surface area contributed by atoms with Crippen molar-refractivity contribution < 1.29 is 37.6 Å². The smallest absolute Gasteiger partial charge is 0.447 e. The maximum absolute atomic E-state index is 13.8. The molecule has 0 aliphatic carbocycles. The summed E-state index contributed by atoms with van der Waals surface area (Å²) in [4.78, 5) is 46.9. The van der Waals surface area contributed by atoms with Gasteiger partial charge in [-0.15, -0.1) is 0 Å². The Labute approximate surface area is 223 Å². The molecule has 2 amide bonds. The summed E-state index contributed by atoms with van der Waals surface area (Å²) in [6.45, 7) is 0.686. The zero-order valence-electron chi connectivity index (χ0n) is 20.3. The lowest BCUT2D eigenvalue weighted by atomic mass is 10.1. The number of pyridine rings is 1. The molecule has 0 saturated heterocycles. The Morgan fingerprint density at radius 1 is 1.18 bits per heavy atom. The first-order valence-electron chi connectivity index (χ1n) is 11.5. The molecule has 1 atom stereocenters. The summed E-state index contributed by atoms with van der Waals surface area (Å²) in [5.74, 6) is -0.796. The number of carbonyl (C=O) groups is 2. The van der Waals surface area contributed by atoms with Gasteiger partial charge in [0.15, 0.2) is 0 Å². The molecule has 0 unspecified atom stereocenters. The molecule has 0 bridgehead atoms. The van der Waals surface area contributed by atoms with E-state index in [1.165, 1.54) is 24.1 Å². The molecule has 4 N–H and O–H groups in total. The summed E-state index contributed by atoms with van der Waals surface area (Å²) < 4.78 is 34.6. The van der Waals surface area contributed by atoms with Crippen molar-refractivity contribution in [1.82, 2.24) is 15.4 Å². The van der Waals surface area contributed by atoms with Crippen molar-refractivity contribution >= 4 is 48.0 Å². The number of anilines is 1. The Morgan fingerprint density at radius 2 is 1.92 bits per heavy atom. The summed E-state index contributed by atoms with van der Waals surface area (Å²) in [5.41, 5.74) is 3.26. The first kappa shape index (κ1) is 29.4. The number of benzene rings is 2. The third kappa shape index (κ3) is 9.02. The highest BCUT2D eigenvalue weighted by molar-refractivity contribution is 7.46. The number of rotatable bonds is 12. The van der Waals surface area contributed by atoms with E-state index in [2.05, 4.69) is 20.3 Å². The molecule has 0 saturated carbocycles. The number of fused-ring (bicyclic) bond motifs is 1. The van der Waals surface area contributed by atoms with Crippen LogP contribution in [0.3, 0.4) is 0 Å². The van der Waals surface area contributed by atoms with Gasteiger partial charge >= 0.3 is 13.9 Å². The molecular formula is C24H27ClFN4O7P. The highest BCUT2D eigenvalue weighted by Gasteiger charge is 2.24. The molecule has 38 heavy (non-hydrogen) atoms. The predicted octanol–water partition coefficient (Wildman–Crippen LogP) is 4.39. The number of nitrogens with zero attached hydrogens (tertiary/aromatic N) is 2. The largest absolute Gasteiger partial charge is 0.469 e. The van der Waals surface area contributed by atoms with Crippen molar-refractivity contribution in [2.75, 3.05) is 18.5 Å². The third-order valence-electron chi connectivity index (χ3n) is 5.38. The highest BCUT2D eigenvalue weighted by atomic mass is 35.5. The van der Waals surface area contributed by atoms with Gasteiger partial charge in [-0.3, -0.25) is 19.6 Å². The second kappa shape index (κ2) is 13.6. The van der Waals surface area contributed by atoms with E-state index in [0.29, 0.717) is 5.56 Å². The molecule has 0 aliphatic heterocycles. The minimum atomic E-state index is -4.67.